The highest BCUT2D eigenvalue weighted by molar-refractivity contribution is 7.86. The maximum Gasteiger partial charge on any atom is 0.294 e. The van der Waals surface area contributed by atoms with Gasteiger partial charge in [-0.05, 0) is 74.9 Å². The summed E-state index contributed by atoms with van der Waals surface area (Å²) in [7, 11) is -8.71. The van der Waals surface area contributed by atoms with Crippen molar-refractivity contribution in [1.29, 1.82) is 0 Å². The van der Waals surface area contributed by atoms with Crippen LogP contribution in [0.2, 0.25) is 0 Å². The molecule has 0 saturated heterocycles. The second kappa shape index (κ2) is 9.98. The van der Waals surface area contributed by atoms with Crippen molar-refractivity contribution < 1.29 is 30.7 Å². The molecule has 0 aliphatic carbocycles. The predicted octanol–water partition coefficient (Wildman–Crippen LogP) is 2.42. The molecule has 38 heavy (non-hydrogen) atoms. The van der Waals surface area contributed by atoms with Gasteiger partial charge in [0.15, 0.2) is 0 Å². The molecule has 1 aliphatic rings. The van der Waals surface area contributed by atoms with E-state index >= 15 is 0 Å². The van der Waals surface area contributed by atoms with Crippen LogP contribution in [-0.4, -0.2) is 47.3 Å². The highest BCUT2D eigenvalue weighted by atomic mass is 32.2. The van der Waals surface area contributed by atoms with E-state index in [0.717, 1.165) is 5.01 Å². The minimum absolute atomic E-state index is 0.242. The number of hydrazone groups is 1. The lowest BCUT2D eigenvalue weighted by Gasteiger charge is -2.11. The summed E-state index contributed by atoms with van der Waals surface area (Å²) in [5.74, 6) is -0.430. The number of hydrogen-bond donors (Lipinski definition) is 3. The summed E-state index contributed by atoms with van der Waals surface area (Å²) in [5.41, 5.74) is 2.17. The average Bonchev–Trinajstić information content (AvgIpc) is 3.30. The van der Waals surface area contributed by atoms with Crippen molar-refractivity contribution >= 4 is 37.5 Å². The van der Waals surface area contributed by atoms with Crippen LogP contribution in [0.15, 0.2) is 92.0 Å². The van der Waals surface area contributed by atoms with Crippen molar-refractivity contribution in [2.45, 2.75) is 30.1 Å². The van der Waals surface area contributed by atoms with E-state index in [4.69, 9.17) is 9.11 Å². The molecule has 0 radical (unpaired) electrons. The summed E-state index contributed by atoms with van der Waals surface area (Å²) in [5, 5.41) is 8.26. The van der Waals surface area contributed by atoms with Crippen LogP contribution < -0.4 is 10.6 Å². The van der Waals surface area contributed by atoms with Gasteiger partial charge in [-0.2, -0.15) is 26.9 Å². The van der Waals surface area contributed by atoms with Crippen molar-refractivity contribution in [3.63, 3.8) is 0 Å². The zero-order chi connectivity index (χ0) is 27.8. The molecule has 12 nitrogen and oxygen atoms in total. The lowest BCUT2D eigenvalue weighted by molar-refractivity contribution is -0.114. The monoisotopic (exact) mass is 558 g/mol. The third-order valence-corrected chi connectivity index (χ3v) is 7.48. The Morgan fingerprint density at radius 3 is 1.92 bits per heavy atom. The van der Waals surface area contributed by atoms with Gasteiger partial charge in [0.25, 0.3) is 31.7 Å². The third-order valence-electron chi connectivity index (χ3n) is 5.75. The van der Waals surface area contributed by atoms with Crippen LogP contribution in [0.3, 0.4) is 0 Å². The van der Waals surface area contributed by atoms with Crippen LogP contribution >= 0.6 is 0 Å². The van der Waals surface area contributed by atoms with Crippen molar-refractivity contribution in [3.8, 4) is 5.69 Å². The maximum absolute atomic E-state index is 12.9. The molecular formula is C24H22N4O8S2. The number of aromatic nitrogens is 2. The number of benzene rings is 2. The molecule has 2 heterocycles. The molecule has 2 aromatic carbocycles. The maximum atomic E-state index is 12.9. The lowest BCUT2D eigenvalue weighted by atomic mass is 10.1. The van der Waals surface area contributed by atoms with Gasteiger partial charge in [-0.1, -0.05) is 12.2 Å². The van der Waals surface area contributed by atoms with E-state index in [0.29, 0.717) is 33.9 Å². The average molecular weight is 559 g/mol. The number of anilines is 1. The second-order valence-electron chi connectivity index (χ2n) is 8.31. The molecule has 0 bridgehead atoms. The molecule has 1 aromatic heterocycles. The number of H-pyrrole nitrogens is 1. The van der Waals surface area contributed by atoms with Gasteiger partial charge in [0.2, 0.25) is 0 Å². The number of carbonyl (C=O) groups is 1. The van der Waals surface area contributed by atoms with Gasteiger partial charge >= 0.3 is 0 Å². The Hall–Kier alpha value is -4.11. The Morgan fingerprint density at radius 1 is 0.868 bits per heavy atom. The Kier molecular flexibility index (Phi) is 7.08. The first-order valence-electron chi connectivity index (χ1n) is 11.0. The zero-order valence-corrected chi connectivity index (χ0v) is 21.7. The number of nitrogens with one attached hydrogen (secondary N) is 1. The molecule has 14 heteroatoms. The summed E-state index contributed by atoms with van der Waals surface area (Å²) in [4.78, 5) is 25.1. The minimum atomic E-state index is -4.36. The molecule has 0 spiro atoms. The van der Waals surface area contributed by atoms with Crippen LogP contribution in [0.5, 0.6) is 0 Å². The number of amides is 1. The van der Waals surface area contributed by atoms with Crippen molar-refractivity contribution in [2.75, 3.05) is 5.01 Å². The summed E-state index contributed by atoms with van der Waals surface area (Å²) < 4.78 is 64.4. The molecule has 0 saturated carbocycles. The summed E-state index contributed by atoms with van der Waals surface area (Å²) in [6.45, 7) is 3.36. The van der Waals surface area contributed by atoms with Gasteiger partial charge in [-0.25, -0.2) is 4.68 Å². The number of nitrogens with zero attached hydrogens (tertiary/aromatic N) is 3. The normalized spacial score (nSPS) is 15.6. The number of allylic oxidation sites excluding steroid dienone is 3. The highest BCUT2D eigenvalue weighted by Gasteiger charge is 2.28. The number of hydrogen-bond acceptors (Lipinski definition) is 7. The smallest absolute Gasteiger partial charge is 0.294 e. The molecule has 0 fully saturated rings. The lowest BCUT2D eigenvalue weighted by Crippen LogP contribution is -2.21. The van der Waals surface area contributed by atoms with Crippen LogP contribution in [0.4, 0.5) is 5.69 Å². The van der Waals surface area contributed by atoms with E-state index in [1.54, 1.807) is 32.1 Å². The van der Waals surface area contributed by atoms with E-state index in [2.05, 4.69) is 10.2 Å². The van der Waals surface area contributed by atoms with Crippen molar-refractivity contribution in [3.05, 3.63) is 93.9 Å². The third kappa shape index (κ3) is 5.43. The number of rotatable bonds is 7. The molecule has 0 unspecified atom stereocenters. The quantitative estimate of drug-likeness (QED) is 0.292. The summed E-state index contributed by atoms with van der Waals surface area (Å²) >= 11 is 0. The van der Waals surface area contributed by atoms with E-state index < -0.39 is 26.1 Å². The summed E-state index contributed by atoms with van der Waals surface area (Å²) in [6.07, 6.45) is 5.11. The van der Waals surface area contributed by atoms with Crippen LogP contribution in [-0.2, 0) is 31.5 Å². The first kappa shape index (κ1) is 26.9. The fourth-order valence-corrected chi connectivity index (χ4v) is 4.73. The van der Waals surface area contributed by atoms with Crippen molar-refractivity contribution in [2.24, 2.45) is 5.10 Å². The number of aromatic amines is 1. The van der Waals surface area contributed by atoms with E-state index in [1.165, 1.54) is 53.2 Å². The van der Waals surface area contributed by atoms with E-state index in [1.807, 2.05) is 0 Å². The second-order valence-corrected chi connectivity index (χ2v) is 11.2. The van der Waals surface area contributed by atoms with Crippen LogP contribution in [0.1, 0.15) is 18.2 Å². The Morgan fingerprint density at radius 2 is 1.39 bits per heavy atom. The zero-order valence-electron chi connectivity index (χ0n) is 20.1. The Labute approximate surface area is 217 Å². The highest BCUT2D eigenvalue weighted by Crippen LogP contribution is 2.25. The molecule has 3 N–H and O–H groups in total. The molecule has 198 valence electrons. The molecular weight excluding hydrogens is 536 g/mol. The van der Waals surface area contributed by atoms with Gasteiger partial charge in [0, 0.05) is 11.3 Å². The minimum Gasteiger partial charge on any atom is -0.295 e. The van der Waals surface area contributed by atoms with Gasteiger partial charge in [-0.3, -0.25) is 23.8 Å². The van der Waals surface area contributed by atoms with Crippen LogP contribution in [0.25, 0.3) is 5.69 Å². The molecule has 1 amide bonds. The van der Waals surface area contributed by atoms with Crippen LogP contribution in [0, 0.1) is 6.92 Å². The molecule has 1 aliphatic heterocycles. The first-order chi connectivity index (χ1) is 17.8. The Bertz CT molecular complexity index is 1780. The largest absolute Gasteiger partial charge is 0.295 e. The summed E-state index contributed by atoms with van der Waals surface area (Å²) in [6, 6.07) is 10.2. The fraction of sp³-hybridized carbons (Fsp3) is 0.125. The first-order valence-corrected chi connectivity index (χ1v) is 13.9. The van der Waals surface area contributed by atoms with Gasteiger partial charge in [0.05, 0.1) is 32.5 Å². The van der Waals surface area contributed by atoms with Crippen molar-refractivity contribution in [1.82, 2.24) is 9.78 Å². The number of aryl methyl sites for hydroxylation is 1. The fourth-order valence-electron chi connectivity index (χ4n) is 3.77. The topological polar surface area (TPSA) is 179 Å². The molecule has 0 atom stereocenters. The molecule has 4 rings (SSSR count). The SMILES string of the molecule is CC1=NN(c2ccc(S(=O)(=O)O)cc2)C(=O)/C1=C\C=C\Cc1c(C)[nH]n(-c2ccc(S(=O)(=O)O)cc2)c1=O. The Balaban J connectivity index is 1.49. The van der Waals surface area contributed by atoms with Gasteiger partial charge in [-0.15, -0.1) is 0 Å². The van der Waals surface area contributed by atoms with E-state index in [-0.39, 0.29) is 21.8 Å². The predicted molar refractivity (Wildman–Crippen MR) is 139 cm³/mol. The van der Waals surface area contributed by atoms with E-state index in [9.17, 15) is 26.4 Å². The standard InChI is InChI=1S/C24H22N4O8S2/c1-15-21(23(29)27(25-15)17-7-11-19(12-8-17)37(31,32)33)5-3-4-6-22-16(2)26-28(24(22)30)18-9-13-20(14-10-18)38(34,35)36/h3-5,7-14,26H,6H2,1-2H3,(H,31,32,33)(H,34,35,36)/b4-3+,21-5-. The number of carbonyl (C=O) groups excluding carboxylic acids is 1. The van der Waals surface area contributed by atoms with Gasteiger partial charge in [0.1, 0.15) is 0 Å². The molecule has 3 aromatic rings. The van der Waals surface area contributed by atoms with Gasteiger partial charge < -0.3 is 0 Å².